The van der Waals surface area contributed by atoms with Crippen molar-refractivity contribution < 1.29 is 14.1 Å². The fourth-order valence-corrected chi connectivity index (χ4v) is 3.73. The lowest BCUT2D eigenvalue weighted by Crippen LogP contribution is -2.35. The zero-order valence-electron chi connectivity index (χ0n) is 15.5. The molecule has 1 aromatic carbocycles. The van der Waals surface area contributed by atoms with Gasteiger partial charge in [0.2, 0.25) is 5.82 Å². The van der Waals surface area contributed by atoms with E-state index in [0.29, 0.717) is 12.6 Å². The summed E-state index contributed by atoms with van der Waals surface area (Å²) in [6.45, 7) is 3.54. The number of nitrogens with one attached hydrogen (secondary N) is 1. The molecule has 0 bridgehead atoms. The fourth-order valence-electron chi connectivity index (χ4n) is 3.22. The molecule has 1 unspecified atom stereocenters. The Morgan fingerprint density at radius 3 is 3.00 bits per heavy atom. The highest BCUT2D eigenvalue weighted by Gasteiger charge is 2.25. The molecule has 27 heavy (non-hydrogen) atoms. The monoisotopic (exact) mass is 465 g/mol. The third kappa shape index (κ3) is 6.64. The number of likely N-dealkylation sites (N-methyl/N-ethyl adjacent to an activating group) is 1. The molecule has 0 saturated carbocycles. The van der Waals surface area contributed by atoms with Gasteiger partial charge in [0.1, 0.15) is 0 Å². The van der Waals surface area contributed by atoms with E-state index in [1.54, 1.807) is 0 Å². The zero-order valence-corrected chi connectivity index (χ0v) is 17.8. The predicted octanol–water partition coefficient (Wildman–Crippen LogP) is 4.52. The standard InChI is InChI=1S/C18H26BrClFN3O3/c1-23(14-6-2-5-9-27-12-14)8-4-3-7-22-11-13-10-15(20)16(19)17(21)18(13)24(25)26/h10,14,22H,2-9,11-12H2,1H3. The number of halogens is 3. The molecule has 1 aromatic rings. The summed E-state index contributed by atoms with van der Waals surface area (Å²) < 4.78 is 19.6. The molecule has 1 atom stereocenters. The number of nitro benzene ring substituents is 1. The van der Waals surface area contributed by atoms with Gasteiger partial charge in [-0.3, -0.25) is 10.1 Å². The second kappa shape index (κ2) is 11.3. The van der Waals surface area contributed by atoms with E-state index in [0.717, 1.165) is 39.0 Å². The van der Waals surface area contributed by atoms with Crippen LogP contribution in [0.1, 0.15) is 37.7 Å². The largest absolute Gasteiger partial charge is 0.380 e. The van der Waals surface area contributed by atoms with Crippen molar-refractivity contribution in [3.63, 3.8) is 0 Å². The van der Waals surface area contributed by atoms with Crippen molar-refractivity contribution in [2.75, 3.05) is 33.4 Å². The molecule has 0 aromatic heterocycles. The average Bonchev–Trinajstić information content (AvgIpc) is 2.91. The smallest absolute Gasteiger partial charge is 0.310 e. The Morgan fingerprint density at radius 2 is 2.26 bits per heavy atom. The van der Waals surface area contributed by atoms with Gasteiger partial charge >= 0.3 is 5.69 Å². The Hall–Kier alpha value is -0.800. The molecule has 9 heteroatoms. The quantitative estimate of drug-likeness (QED) is 0.251. The molecule has 1 aliphatic heterocycles. The zero-order chi connectivity index (χ0) is 19.8. The Bertz CT molecular complexity index is 643. The summed E-state index contributed by atoms with van der Waals surface area (Å²) in [5.74, 6) is -0.934. The number of nitrogens with zero attached hydrogens (tertiary/aromatic N) is 2. The highest BCUT2D eigenvalue weighted by molar-refractivity contribution is 9.10. The third-order valence-corrected chi connectivity index (χ3v) is 6.14. The van der Waals surface area contributed by atoms with Gasteiger partial charge in [0, 0.05) is 24.8 Å². The average molecular weight is 467 g/mol. The molecule has 1 fully saturated rings. The van der Waals surface area contributed by atoms with Gasteiger partial charge in [-0.25, -0.2) is 0 Å². The van der Waals surface area contributed by atoms with E-state index in [1.165, 1.54) is 18.9 Å². The number of nitro groups is 1. The summed E-state index contributed by atoms with van der Waals surface area (Å²) in [6.07, 6.45) is 5.47. The van der Waals surface area contributed by atoms with Crippen molar-refractivity contribution in [3.8, 4) is 0 Å². The Labute approximate surface area is 172 Å². The first-order chi connectivity index (χ1) is 12.9. The summed E-state index contributed by atoms with van der Waals surface area (Å²) in [4.78, 5) is 12.8. The molecule has 6 nitrogen and oxygen atoms in total. The lowest BCUT2D eigenvalue weighted by atomic mass is 10.1. The summed E-state index contributed by atoms with van der Waals surface area (Å²) in [5.41, 5.74) is -0.287. The first kappa shape index (κ1) is 22.5. The lowest BCUT2D eigenvalue weighted by molar-refractivity contribution is -0.388. The second-order valence-electron chi connectivity index (χ2n) is 6.84. The molecule has 1 aliphatic rings. The molecule has 0 aliphatic carbocycles. The number of ether oxygens (including phenoxy) is 1. The minimum Gasteiger partial charge on any atom is -0.380 e. The van der Waals surface area contributed by atoms with Gasteiger partial charge < -0.3 is 15.0 Å². The van der Waals surface area contributed by atoms with Crippen LogP contribution in [0.2, 0.25) is 5.02 Å². The van der Waals surface area contributed by atoms with Crippen LogP contribution in [0, 0.1) is 15.9 Å². The lowest BCUT2D eigenvalue weighted by Gasteiger charge is -2.26. The van der Waals surface area contributed by atoms with Gasteiger partial charge in [-0.2, -0.15) is 4.39 Å². The van der Waals surface area contributed by atoms with E-state index in [-0.39, 0.29) is 21.6 Å². The third-order valence-electron chi connectivity index (χ3n) is 4.84. The summed E-state index contributed by atoms with van der Waals surface area (Å²) in [5, 5.41) is 14.4. The Morgan fingerprint density at radius 1 is 1.48 bits per heavy atom. The summed E-state index contributed by atoms with van der Waals surface area (Å²) >= 11 is 8.87. The maximum atomic E-state index is 14.1. The molecule has 0 radical (unpaired) electrons. The van der Waals surface area contributed by atoms with Crippen LogP contribution in [0.25, 0.3) is 0 Å². The number of hydrogen-bond acceptors (Lipinski definition) is 5. The minimum absolute atomic E-state index is 0.0786. The first-order valence-electron chi connectivity index (χ1n) is 9.21. The van der Waals surface area contributed by atoms with E-state index in [9.17, 15) is 14.5 Å². The van der Waals surface area contributed by atoms with E-state index in [1.807, 2.05) is 0 Å². The molecule has 1 N–H and O–H groups in total. The minimum atomic E-state index is -0.934. The van der Waals surface area contributed by atoms with Crippen molar-refractivity contribution in [3.05, 3.63) is 37.1 Å². The van der Waals surface area contributed by atoms with E-state index >= 15 is 0 Å². The van der Waals surface area contributed by atoms with Crippen LogP contribution in [0.15, 0.2) is 10.5 Å². The number of hydrogen-bond donors (Lipinski definition) is 1. The number of rotatable bonds is 9. The Balaban J connectivity index is 1.75. The first-order valence-corrected chi connectivity index (χ1v) is 10.4. The van der Waals surface area contributed by atoms with Gasteiger partial charge in [0.25, 0.3) is 0 Å². The summed E-state index contributed by atoms with van der Waals surface area (Å²) in [7, 11) is 2.13. The molecule has 152 valence electrons. The maximum Gasteiger partial charge on any atom is 0.310 e. The van der Waals surface area contributed by atoms with Crippen LogP contribution in [0.4, 0.5) is 10.1 Å². The van der Waals surface area contributed by atoms with Crippen molar-refractivity contribution in [2.45, 2.75) is 44.7 Å². The molecule has 2 rings (SSSR count). The van der Waals surface area contributed by atoms with Crippen molar-refractivity contribution in [1.82, 2.24) is 10.2 Å². The molecular formula is C18H26BrClFN3O3. The van der Waals surface area contributed by atoms with Crippen LogP contribution in [-0.4, -0.2) is 49.2 Å². The van der Waals surface area contributed by atoms with Crippen LogP contribution < -0.4 is 5.32 Å². The SMILES string of the molecule is CN(CCCCNCc1cc(Cl)c(Br)c(F)c1[N+](=O)[O-])C1CCCCOC1. The van der Waals surface area contributed by atoms with Crippen molar-refractivity contribution in [2.24, 2.45) is 0 Å². The molecule has 1 heterocycles. The van der Waals surface area contributed by atoms with E-state index in [2.05, 4.69) is 33.2 Å². The molecule has 1 saturated heterocycles. The topological polar surface area (TPSA) is 67.6 Å². The van der Waals surface area contributed by atoms with E-state index < -0.39 is 16.4 Å². The number of unbranched alkanes of at least 4 members (excludes halogenated alkanes) is 1. The Kier molecular flexibility index (Phi) is 9.38. The van der Waals surface area contributed by atoms with Gasteiger partial charge in [0.05, 0.1) is 21.0 Å². The second-order valence-corrected chi connectivity index (χ2v) is 8.04. The van der Waals surface area contributed by atoms with Gasteiger partial charge in [0.15, 0.2) is 0 Å². The van der Waals surface area contributed by atoms with Gasteiger partial charge in [-0.15, -0.1) is 0 Å². The van der Waals surface area contributed by atoms with Crippen molar-refractivity contribution >= 4 is 33.2 Å². The number of benzene rings is 1. The fraction of sp³-hybridized carbons (Fsp3) is 0.667. The molecular weight excluding hydrogens is 441 g/mol. The van der Waals surface area contributed by atoms with Crippen LogP contribution in [0.3, 0.4) is 0 Å². The normalized spacial score (nSPS) is 17.9. The van der Waals surface area contributed by atoms with E-state index in [4.69, 9.17) is 16.3 Å². The predicted molar refractivity (Wildman–Crippen MR) is 108 cm³/mol. The maximum absolute atomic E-state index is 14.1. The summed E-state index contributed by atoms with van der Waals surface area (Å²) in [6, 6.07) is 1.91. The van der Waals surface area contributed by atoms with Gasteiger partial charge in [-0.1, -0.05) is 11.6 Å². The van der Waals surface area contributed by atoms with Crippen LogP contribution >= 0.6 is 27.5 Å². The van der Waals surface area contributed by atoms with Crippen LogP contribution in [-0.2, 0) is 11.3 Å². The molecule has 0 amide bonds. The highest BCUT2D eigenvalue weighted by atomic mass is 79.9. The van der Waals surface area contributed by atoms with Crippen LogP contribution in [0.5, 0.6) is 0 Å². The van der Waals surface area contributed by atoms with Crippen molar-refractivity contribution in [1.29, 1.82) is 0 Å². The molecule has 0 spiro atoms. The van der Waals surface area contributed by atoms with Gasteiger partial charge in [-0.05, 0) is 74.2 Å². The highest BCUT2D eigenvalue weighted by Crippen LogP contribution is 2.34.